The highest BCUT2D eigenvalue weighted by molar-refractivity contribution is 14.0. The van der Waals surface area contributed by atoms with E-state index in [0.29, 0.717) is 5.96 Å². The molecule has 0 bridgehead atoms. The minimum atomic E-state index is -0.365. The van der Waals surface area contributed by atoms with Crippen molar-refractivity contribution in [1.29, 1.82) is 0 Å². The predicted octanol–water partition coefficient (Wildman–Crippen LogP) is 2.79. The maximum Gasteiger partial charge on any atom is 0.191 e. The molecule has 1 saturated heterocycles. The summed E-state index contributed by atoms with van der Waals surface area (Å²) in [6.07, 6.45) is 1.95. The van der Waals surface area contributed by atoms with E-state index in [4.69, 9.17) is 9.47 Å². The molecule has 1 heterocycles. The van der Waals surface area contributed by atoms with Gasteiger partial charge in [-0.25, -0.2) is 4.39 Å². The number of benzene rings is 1. The van der Waals surface area contributed by atoms with Gasteiger partial charge in [0.15, 0.2) is 17.5 Å². The van der Waals surface area contributed by atoms with Gasteiger partial charge < -0.3 is 25.0 Å². The summed E-state index contributed by atoms with van der Waals surface area (Å²) in [5.41, 5.74) is 0.880. The second kappa shape index (κ2) is 11.0. The van der Waals surface area contributed by atoms with E-state index in [9.17, 15) is 4.39 Å². The van der Waals surface area contributed by atoms with Gasteiger partial charge in [-0.3, -0.25) is 4.99 Å². The van der Waals surface area contributed by atoms with Crippen LogP contribution in [-0.4, -0.2) is 64.4 Å². The number of hydrogen-bond acceptors (Lipinski definition) is 4. The molecule has 1 unspecified atom stereocenters. The summed E-state index contributed by atoms with van der Waals surface area (Å²) in [6.45, 7) is 4.29. The summed E-state index contributed by atoms with van der Waals surface area (Å²) < 4.78 is 24.4. The molecular formula is C19H32FIN4O2. The van der Waals surface area contributed by atoms with Crippen molar-refractivity contribution >= 4 is 29.9 Å². The summed E-state index contributed by atoms with van der Waals surface area (Å²) in [5, 5.41) is 6.75. The lowest BCUT2D eigenvalue weighted by molar-refractivity contribution is -0.00502. The Kier molecular flexibility index (Phi) is 9.75. The normalized spacial score (nSPS) is 17.8. The van der Waals surface area contributed by atoms with Crippen molar-refractivity contribution in [3.63, 3.8) is 0 Å². The Hall–Kier alpha value is -1.13. The van der Waals surface area contributed by atoms with E-state index < -0.39 is 0 Å². The molecule has 2 rings (SSSR count). The third-order valence-electron chi connectivity index (χ3n) is 5.21. The van der Waals surface area contributed by atoms with E-state index in [1.807, 2.05) is 13.0 Å². The van der Waals surface area contributed by atoms with Crippen LogP contribution in [0.4, 0.5) is 4.39 Å². The maximum atomic E-state index is 13.9. The molecule has 27 heavy (non-hydrogen) atoms. The van der Waals surface area contributed by atoms with Gasteiger partial charge in [0, 0.05) is 32.3 Å². The molecule has 0 aromatic heterocycles. The Morgan fingerprint density at radius 1 is 1.37 bits per heavy atom. The molecule has 0 amide bonds. The Morgan fingerprint density at radius 3 is 2.56 bits per heavy atom. The van der Waals surface area contributed by atoms with Crippen LogP contribution in [0.5, 0.6) is 5.75 Å². The SMILES string of the molecule is CN=C(NCC1(N(C)C)CCOCC1)NC(C)c1ccc(OC)c(F)c1.I. The van der Waals surface area contributed by atoms with Gasteiger partial charge in [0.2, 0.25) is 0 Å². The number of ether oxygens (including phenoxy) is 2. The highest BCUT2D eigenvalue weighted by Crippen LogP contribution is 2.25. The lowest BCUT2D eigenvalue weighted by atomic mass is 9.88. The van der Waals surface area contributed by atoms with Crippen LogP contribution in [-0.2, 0) is 4.74 Å². The van der Waals surface area contributed by atoms with Crippen molar-refractivity contribution in [3.8, 4) is 5.75 Å². The molecule has 8 heteroatoms. The lowest BCUT2D eigenvalue weighted by Crippen LogP contribution is -2.57. The first-order valence-corrected chi connectivity index (χ1v) is 8.97. The average Bonchev–Trinajstić information content (AvgIpc) is 2.65. The third kappa shape index (κ3) is 6.18. The summed E-state index contributed by atoms with van der Waals surface area (Å²) >= 11 is 0. The second-order valence-electron chi connectivity index (χ2n) is 6.92. The number of hydrogen-bond donors (Lipinski definition) is 2. The van der Waals surface area contributed by atoms with Crippen molar-refractivity contribution in [1.82, 2.24) is 15.5 Å². The number of rotatable bonds is 6. The highest BCUT2D eigenvalue weighted by atomic mass is 127. The fraction of sp³-hybridized carbons (Fsp3) is 0.632. The van der Waals surface area contributed by atoms with Crippen molar-refractivity contribution < 1.29 is 13.9 Å². The number of aliphatic imine (C=N–C) groups is 1. The first-order valence-electron chi connectivity index (χ1n) is 8.97. The fourth-order valence-electron chi connectivity index (χ4n) is 3.22. The molecular weight excluding hydrogens is 462 g/mol. The van der Waals surface area contributed by atoms with Crippen LogP contribution in [0.3, 0.4) is 0 Å². The van der Waals surface area contributed by atoms with Crippen LogP contribution in [0.2, 0.25) is 0 Å². The Morgan fingerprint density at radius 2 is 2.04 bits per heavy atom. The zero-order chi connectivity index (χ0) is 19.2. The van der Waals surface area contributed by atoms with Crippen LogP contribution >= 0.6 is 24.0 Å². The third-order valence-corrected chi connectivity index (χ3v) is 5.21. The number of methoxy groups -OCH3 is 1. The molecule has 1 aliphatic heterocycles. The molecule has 2 N–H and O–H groups in total. The molecule has 154 valence electrons. The molecule has 0 saturated carbocycles. The van der Waals surface area contributed by atoms with E-state index in [1.54, 1.807) is 13.1 Å². The number of nitrogens with one attached hydrogen (secondary N) is 2. The van der Waals surface area contributed by atoms with Gasteiger partial charge in [0.25, 0.3) is 0 Å². The van der Waals surface area contributed by atoms with Crippen molar-refractivity contribution in [3.05, 3.63) is 29.6 Å². The van der Waals surface area contributed by atoms with Crippen LogP contribution < -0.4 is 15.4 Å². The summed E-state index contributed by atoms with van der Waals surface area (Å²) in [4.78, 5) is 6.57. The van der Waals surface area contributed by atoms with Gasteiger partial charge >= 0.3 is 0 Å². The summed E-state index contributed by atoms with van der Waals surface area (Å²) in [5.74, 6) is 0.577. The van der Waals surface area contributed by atoms with Gasteiger partial charge in [-0.05, 0) is 51.6 Å². The Labute approximate surface area is 178 Å². The number of halogens is 2. The van der Waals surface area contributed by atoms with Crippen molar-refractivity contribution in [2.24, 2.45) is 4.99 Å². The zero-order valence-corrected chi connectivity index (χ0v) is 19.2. The number of nitrogens with zero attached hydrogens (tertiary/aromatic N) is 2. The molecule has 1 atom stereocenters. The lowest BCUT2D eigenvalue weighted by Gasteiger charge is -2.43. The molecule has 1 fully saturated rings. The van der Waals surface area contributed by atoms with Crippen LogP contribution in [0.1, 0.15) is 31.4 Å². The van der Waals surface area contributed by atoms with E-state index >= 15 is 0 Å². The molecule has 0 aliphatic carbocycles. The predicted molar refractivity (Wildman–Crippen MR) is 118 cm³/mol. The Balaban J connectivity index is 0.00000364. The van der Waals surface area contributed by atoms with E-state index in [1.165, 1.54) is 13.2 Å². The summed E-state index contributed by atoms with van der Waals surface area (Å²) in [6, 6.07) is 4.89. The van der Waals surface area contributed by atoms with E-state index in [-0.39, 0.29) is 47.1 Å². The highest BCUT2D eigenvalue weighted by Gasteiger charge is 2.34. The number of guanidine groups is 1. The van der Waals surface area contributed by atoms with Crippen molar-refractivity contribution in [2.45, 2.75) is 31.3 Å². The van der Waals surface area contributed by atoms with E-state index in [2.05, 4.69) is 34.6 Å². The van der Waals surface area contributed by atoms with Crippen LogP contribution in [0.15, 0.2) is 23.2 Å². The minimum Gasteiger partial charge on any atom is -0.494 e. The molecule has 6 nitrogen and oxygen atoms in total. The summed E-state index contributed by atoms with van der Waals surface area (Å²) in [7, 11) is 7.41. The molecule has 0 radical (unpaired) electrons. The molecule has 1 aromatic rings. The van der Waals surface area contributed by atoms with Gasteiger partial charge in [-0.2, -0.15) is 0 Å². The van der Waals surface area contributed by atoms with E-state index in [0.717, 1.165) is 38.2 Å². The Bertz CT molecular complexity index is 622. The topological polar surface area (TPSA) is 58.1 Å². The molecule has 1 aliphatic rings. The first kappa shape index (κ1) is 23.9. The largest absolute Gasteiger partial charge is 0.494 e. The fourth-order valence-corrected chi connectivity index (χ4v) is 3.22. The van der Waals surface area contributed by atoms with Gasteiger partial charge in [0.1, 0.15) is 0 Å². The molecule has 1 aromatic carbocycles. The van der Waals surface area contributed by atoms with Gasteiger partial charge in [-0.15, -0.1) is 24.0 Å². The average molecular weight is 494 g/mol. The quantitative estimate of drug-likeness (QED) is 0.362. The van der Waals surface area contributed by atoms with Gasteiger partial charge in [-0.1, -0.05) is 6.07 Å². The second-order valence-corrected chi connectivity index (χ2v) is 6.92. The van der Waals surface area contributed by atoms with Crippen molar-refractivity contribution in [2.75, 3.05) is 48.0 Å². The van der Waals surface area contributed by atoms with Gasteiger partial charge in [0.05, 0.1) is 13.2 Å². The first-order chi connectivity index (χ1) is 12.4. The molecule has 0 spiro atoms. The smallest absolute Gasteiger partial charge is 0.191 e. The number of likely N-dealkylation sites (N-methyl/N-ethyl adjacent to an activating group) is 1. The standard InChI is InChI=1S/C19H31FN4O2.HI/c1-14(15-6-7-17(25-5)16(20)12-15)23-18(21-2)22-13-19(24(3)4)8-10-26-11-9-19;/h6-7,12,14H,8-11,13H2,1-5H3,(H2,21,22,23);1H. The maximum absolute atomic E-state index is 13.9. The zero-order valence-electron chi connectivity index (χ0n) is 16.8. The minimum absolute atomic E-state index is 0. The van der Waals surface area contributed by atoms with Crippen LogP contribution in [0.25, 0.3) is 0 Å². The monoisotopic (exact) mass is 494 g/mol. The van der Waals surface area contributed by atoms with Crippen LogP contribution in [0, 0.1) is 5.82 Å².